The molecule has 0 bridgehead atoms. The first-order valence-electron chi connectivity index (χ1n) is 6.31. The standard InChI is InChI=1S/C14H22ClNO/c1-3-16-10-6-4-5-7-12-11-13(15)8-9-14(12)17-2/h8-9,11,16H,3-7,10H2,1-2H3. The van der Waals surface area contributed by atoms with Gasteiger partial charge in [0.2, 0.25) is 0 Å². The third-order valence-electron chi connectivity index (χ3n) is 2.79. The molecule has 0 aliphatic rings. The Balaban J connectivity index is 2.32. The van der Waals surface area contributed by atoms with Crippen molar-refractivity contribution >= 4 is 11.6 Å². The highest BCUT2D eigenvalue weighted by atomic mass is 35.5. The third kappa shape index (κ3) is 5.42. The van der Waals surface area contributed by atoms with Crippen LogP contribution in [0, 0.1) is 0 Å². The lowest BCUT2D eigenvalue weighted by atomic mass is 10.1. The second-order valence-corrected chi connectivity index (χ2v) is 4.56. The van der Waals surface area contributed by atoms with E-state index in [0.717, 1.165) is 30.3 Å². The van der Waals surface area contributed by atoms with Gasteiger partial charge in [0.1, 0.15) is 5.75 Å². The van der Waals surface area contributed by atoms with E-state index in [1.165, 1.54) is 24.8 Å². The van der Waals surface area contributed by atoms with Gasteiger partial charge in [0.25, 0.3) is 0 Å². The molecule has 0 aliphatic carbocycles. The molecular weight excluding hydrogens is 234 g/mol. The summed E-state index contributed by atoms with van der Waals surface area (Å²) in [5, 5.41) is 4.12. The van der Waals surface area contributed by atoms with Gasteiger partial charge < -0.3 is 10.1 Å². The fourth-order valence-corrected chi connectivity index (χ4v) is 2.06. The minimum absolute atomic E-state index is 0.786. The number of hydrogen-bond acceptors (Lipinski definition) is 2. The van der Waals surface area contributed by atoms with Gasteiger partial charge in [0.15, 0.2) is 0 Å². The molecule has 17 heavy (non-hydrogen) atoms. The monoisotopic (exact) mass is 255 g/mol. The van der Waals surface area contributed by atoms with Crippen molar-refractivity contribution in [2.75, 3.05) is 20.2 Å². The minimum Gasteiger partial charge on any atom is -0.496 e. The van der Waals surface area contributed by atoms with Gasteiger partial charge >= 0.3 is 0 Å². The van der Waals surface area contributed by atoms with Crippen LogP contribution in [0.3, 0.4) is 0 Å². The average molecular weight is 256 g/mol. The Morgan fingerprint density at radius 3 is 2.76 bits per heavy atom. The summed E-state index contributed by atoms with van der Waals surface area (Å²) in [6.07, 6.45) is 4.69. The lowest BCUT2D eigenvalue weighted by Gasteiger charge is -2.08. The van der Waals surface area contributed by atoms with Crippen LogP contribution in [-0.2, 0) is 6.42 Å². The molecule has 3 heteroatoms. The molecule has 1 aromatic rings. The van der Waals surface area contributed by atoms with Gasteiger partial charge in [-0.15, -0.1) is 0 Å². The predicted molar refractivity (Wildman–Crippen MR) is 74.1 cm³/mol. The zero-order valence-electron chi connectivity index (χ0n) is 10.8. The molecular formula is C14H22ClNO. The number of rotatable bonds is 8. The molecule has 1 aromatic carbocycles. The van der Waals surface area contributed by atoms with E-state index in [1.54, 1.807) is 7.11 Å². The summed E-state index contributed by atoms with van der Waals surface area (Å²) in [4.78, 5) is 0. The molecule has 0 fully saturated rings. The Kier molecular flexibility index (Phi) is 7.06. The molecule has 1 N–H and O–H groups in total. The van der Waals surface area contributed by atoms with Gasteiger partial charge in [-0.3, -0.25) is 0 Å². The fourth-order valence-electron chi connectivity index (χ4n) is 1.86. The van der Waals surface area contributed by atoms with E-state index in [2.05, 4.69) is 12.2 Å². The Hall–Kier alpha value is -0.730. The zero-order chi connectivity index (χ0) is 12.5. The number of halogens is 1. The van der Waals surface area contributed by atoms with Crippen molar-refractivity contribution < 1.29 is 4.74 Å². The Morgan fingerprint density at radius 1 is 1.24 bits per heavy atom. The van der Waals surface area contributed by atoms with Crippen molar-refractivity contribution in [2.45, 2.75) is 32.6 Å². The number of methoxy groups -OCH3 is 1. The fraction of sp³-hybridized carbons (Fsp3) is 0.571. The van der Waals surface area contributed by atoms with Gasteiger partial charge in [-0.05, 0) is 56.1 Å². The SMILES string of the molecule is CCNCCCCCc1cc(Cl)ccc1OC. The highest BCUT2D eigenvalue weighted by Crippen LogP contribution is 2.24. The summed E-state index contributed by atoms with van der Waals surface area (Å²) < 4.78 is 5.32. The van der Waals surface area contributed by atoms with E-state index in [4.69, 9.17) is 16.3 Å². The topological polar surface area (TPSA) is 21.3 Å². The van der Waals surface area contributed by atoms with Crippen molar-refractivity contribution in [3.8, 4) is 5.75 Å². The average Bonchev–Trinajstić information content (AvgIpc) is 2.34. The third-order valence-corrected chi connectivity index (χ3v) is 3.03. The molecule has 2 nitrogen and oxygen atoms in total. The lowest BCUT2D eigenvalue weighted by molar-refractivity contribution is 0.408. The van der Waals surface area contributed by atoms with Crippen molar-refractivity contribution in [2.24, 2.45) is 0 Å². The molecule has 0 heterocycles. The van der Waals surface area contributed by atoms with Gasteiger partial charge in [-0.25, -0.2) is 0 Å². The molecule has 0 saturated carbocycles. The highest BCUT2D eigenvalue weighted by Gasteiger charge is 2.03. The van der Waals surface area contributed by atoms with Gasteiger partial charge in [0.05, 0.1) is 7.11 Å². The van der Waals surface area contributed by atoms with Crippen LogP contribution in [-0.4, -0.2) is 20.2 Å². The maximum absolute atomic E-state index is 5.99. The molecule has 96 valence electrons. The minimum atomic E-state index is 0.786. The molecule has 0 unspecified atom stereocenters. The van der Waals surface area contributed by atoms with E-state index in [0.29, 0.717) is 0 Å². The number of ether oxygens (including phenoxy) is 1. The van der Waals surface area contributed by atoms with Crippen LogP contribution in [0.2, 0.25) is 5.02 Å². The summed E-state index contributed by atoms with van der Waals surface area (Å²) in [6.45, 7) is 4.31. The number of benzene rings is 1. The molecule has 0 aromatic heterocycles. The van der Waals surface area contributed by atoms with Crippen LogP contribution in [0.15, 0.2) is 18.2 Å². The molecule has 1 rings (SSSR count). The van der Waals surface area contributed by atoms with E-state index in [9.17, 15) is 0 Å². The Bertz CT molecular complexity index is 328. The summed E-state index contributed by atoms with van der Waals surface area (Å²) in [6, 6.07) is 5.82. The van der Waals surface area contributed by atoms with Crippen molar-refractivity contribution in [3.05, 3.63) is 28.8 Å². The Labute approximate surface area is 109 Å². The number of aryl methyl sites for hydroxylation is 1. The van der Waals surface area contributed by atoms with Gasteiger partial charge in [-0.2, -0.15) is 0 Å². The second kappa shape index (κ2) is 8.37. The molecule has 0 saturated heterocycles. The number of nitrogens with one attached hydrogen (secondary N) is 1. The van der Waals surface area contributed by atoms with Gasteiger partial charge in [-0.1, -0.05) is 24.9 Å². The van der Waals surface area contributed by atoms with Crippen LogP contribution in [0.5, 0.6) is 5.75 Å². The highest BCUT2D eigenvalue weighted by molar-refractivity contribution is 6.30. The maximum atomic E-state index is 5.99. The predicted octanol–water partition coefficient (Wildman–Crippen LogP) is 3.67. The van der Waals surface area contributed by atoms with E-state index in [-0.39, 0.29) is 0 Å². The van der Waals surface area contributed by atoms with Crippen LogP contribution >= 0.6 is 11.6 Å². The summed E-state index contributed by atoms with van der Waals surface area (Å²) in [7, 11) is 1.71. The molecule has 0 atom stereocenters. The first-order chi connectivity index (χ1) is 8.27. The maximum Gasteiger partial charge on any atom is 0.122 e. The van der Waals surface area contributed by atoms with Crippen LogP contribution in [0.4, 0.5) is 0 Å². The smallest absolute Gasteiger partial charge is 0.122 e. The molecule has 0 radical (unpaired) electrons. The summed E-state index contributed by atoms with van der Waals surface area (Å²) in [5.74, 6) is 0.945. The number of unbranched alkanes of at least 4 members (excludes halogenated alkanes) is 2. The zero-order valence-corrected chi connectivity index (χ0v) is 11.5. The first-order valence-corrected chi connectivity index (χ1v) is 6.69. The first kappa shape index (κ1) is 14.3. The van der Waals surface area contributed by atoms with E-state index in [1.807, 2.05) is 18.2 Å². The largest absolute Gasteiger partial charge is 0.496 e. The van der Waals surface area contributed by atoms with Crippen LogP contribution < -0.4 is 10.1 Å². The lowest BCUT2D eigenvalue weighted by Crippen LogP contribution is -2.13. The molecule has 0 spiro atoms. The van der Waals surface area contributed by atoms with Crippen LogP contribution in [0.1, 0.15) is 31.7 Å². The van der Waals surface area contributed by atoms with Gasteiger partial charge in [0, 0.05) is 5.02 Å². The normalized spacial score (nSPS) is 10.5. The molecule has 0 amide bonds. The summed E-state index contributed by atoms with van der Waals surface area (Å²) >= 11 is 5.99. The van der Waals surface area contributed by atoms with E-state index < -0.39 is 0 Å². The van der Waals surface area contributed by atoms with Crippen LogP contribution in [0.25, 0.3) is 0 Å². The molecule has 0 aliphatic heterocycles. The summed E-state index contributed by atoms with van der Waals surface area (Å²) in [5.41, 5.74) is 1.21. The number of hydrogen-bond donors (Lipinski definition) is 1. The second-order valence-electron chi connectivity index (χ2n) is 4.12. The Morgan fingerprint density at radius 2 is 2.06 bits per heavy atom. The van der Waals surface area contributed by atoms with Crippen molar-refractivity contribution in [3.63, 3.8) is 0 Å². The van der Waals surface area contributed by atoms with Crippen molar-refractivity contribution in [1.29, 1.82) is 0 Å². The van der Waals surface area contributed by atoms with E-state index >= 15 is 0 Å². The van der Waals surface area contributed by atoms with Crippen molar-refractivity contribution in [1.82, 2.24) is 5.32 Å². The quantitative estimate of drug-likeness (QED) is 0.716.